The Bertz CT molecular complexity index is 442. The molecule has 2 N–H and O–H groups in total. The van der Waals surface area contributed by atoms with E-state index in [0.29, 0.717) is 17.3 Å². The average molecular weight is 260 g/mol. The van der Waals surface area contributed by atoms with Crippen molar-refractivity contribution in [2.75, 3.05) is 12.8 Å². The van der Waals surface area contributed by atoms with E-state index in [2.05, 4.69) is 6.92 Å². The number of nitrogen functional groups attached to an aromatic ring is 1. The number of anilines is 1. The van der Waals surface area contributed by atoms with E-state index in [1.165, 1.54) is 12.8 Å². The summed E-state index contributed by atoms with van der Waals surface area (Å²) in [4.78, 5) is 14.4. The van der Waals surface area contributed by atoms with Crippen LogP contribution in [0, 0.1) is 12.8 Å². The minimum absolute atomic E-state index is 0.0925. The Balaban J connectivity index is 2.10. The standard InChI is InChI=1S/C16H24N2O/c1-11-4-6-15(7-5-11)18(3)16(19)13-8-12(2)9-14(17)10-13/h8-11,15H,4-7,17H2,1-3H3. The Hall–Kier alpha value is -1.51. The van der Waals surface area contributed by atoms with Crippen molar-refractivity contribution in [3.63, 3.8) is 0 Å². The van der Waals surface area contributed by atoms with Crippen LogP contribution < -0.4 is 5.73 Å². The number of carbonyl (C=O) groups is 1. The molecule has 0 aromatic heterocycles. The molecule has 1 aliphatic rings. The summed E-state index contributed by atoms with van der Waals surface area (Å²) < 4.78 is 0. The van der Waals surface area contributed by atoms with Gasteiger partial charge in [-0.25, -0.2) is 0 Å². The first-order valence-electron chi connectivity index (χ1n) is 7.11. The van der Waals surface area contributed by atoms with Crippen molar-refractivity contribution in [3.05, 3.63) is 29.3 Å². The molecule has 0 unspecified atom stereocenters. The van der Waals surface area contributed by atoms with Crippen molar-refractivity contribution in [1.82, 2.24) is 4.90 Å². The Morgan fingerprint density at radius 1 is 1.21 bits per heavy atom. The van der Waals surface area contributed by atoms with Crippen LogP contribution in [-0.4, -0.2) is 23.9 Å². The maximum Gasteiger partial charge on any atom is 0.253 e. The van der Waals surface area contributed by atoms with Crippen molar-refractivity contribution in [1.29, 1.82) is 0 Å². The molecular formula is C16H24N2O. The summed E-state index contributed by atoms with van der Waals surface area (Å²) in [5, 5.41) is 0. The molecule has 1 aromatic rings. The zero-order valence-electron chi connectivity index (χ0n) is 12.1. The summed E-state index contributed by atoms with van der Waals surface area (Å²) in [5.74, 6) is 0.893. The van der Waals surface area contributed by atoms with E-state index in [9.17, 15) is 4.79 Å². The number of hydrogen-bond acceptors (Lipinski definition) is 2. The van der Waals surface area contributed by atoms with Gasteiger partial charge in [0, 0.05) is 24.3 Å². The fraction of sp³-hybridized carbons (Fsp3) is 0.562. The van der Waals surface area contributed by atoms with E-state index in [1.807, 2.05) is 31.0 Å². The first-order valence-corrected chi connectivity index (χ1v) is 7.11. The normalized spacial score (nSPS) is 23.1. The summed E-state index contributed by atoms with van der Waals surface area (Å²) in [7, 11) is 1.92. The van der Waals surface area contributed by atoms with Gasteiger partial charge in [-0.1, -0.05) is 6.92 Å². The van der Waals surface area contributed by atoms with Gasteiger partial charge in [0.1, 0.15) is 0 Å². The highest BCUT2D eigenvalue weighted by atomic mass is 16.2. The highest BCUT2D eigenvalue weighted by Gasteiger charge is 2.25. The SMILES string of the molecule is Cc1cc(N)cc(C(=O)N(C)C2CCC(C)CC2)c1. The molecule has 0 radical (unpaired) electrons. The minimum atomic E-state index is 0.0925. The second-order valence-electron chi connectivity index (χ2n) is 5.96. The number of hydrogen-bond donors (Lipinski definition) is 1. The molecule has 3 heteroatoms. The summed E-state index contributed by atoms with van der Waals surface area (Å²) in [6, 6.07) is 5.96. The van der Waals surface area contributed by atoms with Crippen LogP contribution in [0.5, 0.6) is 0 Å². The monoisotopic (exact) mass is 260 g/mol. The molecule has 104 valence electrons. The lowest BCUT2D eigenvalue weighted by molar-refractivity contribution is 0.0679. The van der Waals surface area contributed by atoms with Gasteiger partial charge in [-0.15, -0.1) is 0 Å². The van der Waals surface area contributed by atoms with Crippen molar-refractivity contribution in [2.24, 2.45) is 5.92 Å². The van der Waals surface area contributed by atoms with Crippen LogP contribution in [0.4, 0.5) is 5.69 Å². The summed E-state index contributed by atoms with van der Waals surface area (Å²) in [6.07, 6.45) is 4.67. The highest BCUT2D eigenvalue weighted by Crippen LogP contribution is 2.27. The van der Waals surface area contributed by atoms with Crippen LogP contribution in [0.15, 0.2) is 18.2 Å². The van der Waals surface area contributed by atoms with E-state index in [1.54, 1.807) is 6.07 Å². The van der Waals surface area contributed by atoms with Gasteiger partial charge in [0.2, 0.25) is 0 Å². The van der Waals surface area contributed by atoms with E-state index in [0.717, 1.165) is 24.3 Å². The van der Waals surface area contributed by atoms with Crippen LogP contribution in [0.2, 0.25) is 0 Å². The van der Waals surface area contributed by atoms with E-state index in [4.69, 9.17) is 5.73 Å². The quantitative estimate of drug-likeness (QED) is 0.830. The van der Waals surface area contributed by atoms with Crippen LogP contribution >= 0.6 is 0 Å². The lowest BCUT2D eigenvalue weighted by atomic mass is 9.86. The van der Waals surface area contributed by atoms with Crippen molar-refractivity contribution >= 4 is 11.6 Å². The summed E-state index contributed by atoms with van der Waals surface area (Å²) in [6.45, 7) is 4.26. The van der Waals surface area contributed by atoms with Crippen LogP contribution in [0.25, 0.3) is 0 Å². The molecule has 2 rings (SSSR count). The maximum absolute atomic E-state index is 12.5. The fourth-order valence-electron chi connectivity index (χ4n) is 2.94. The van der Waals surface area contributed by atoms with Gasteiger partial charge < -0.3 is 10.6 Å². The number of aryl methyl sites for hydroxylation is 1. The third-order valence-electron chi connectivity index (χ3n) is 4.20. The number of nitrogens with two attached hydrogens (primary N) is 1. The van der Waals surface area contributed by atoms with E-state index in [-0.39, 0.29) is 5.91 Å². The molecule has 0 saturated heterocycles. The average Bonchev–Trinajstić information content (AvgIpc) is 2.37. The molecule has 1 aromatic carbocycles. The van der Waals surface area contributed by atoms with E-state index >= 15 is 0 Å². The molecule has 3 nitrogen and oxygen atoms in total. The van der Waals surface area contributed by atoms with Gasteiger partial charge in [0.25, 0.3) is 5.91 Å². The number of carbonyl (C=O) groups excluding carboxylic acids is 1. The Labute approximate surface area is 115 Å². The minimum Gasteiger partial charge on any atom is -0.399 e. The van der Waals surface area contributed by atoms with Gasteiger partial charge in [0.05, 0.1) is 0 Å². The highest BCUT2D eigenvalue weighted by molar-refractivity contribution is 5.95. The second-order valence-corrected chi connectivity index (χ2v) is 5.96. The molecule has 1 aliphatic carbocycles. The van der Waals surface area contributed by atoms with Crippen molar-refractivity contribution in [2.45, 2.75) is 45.6 Å². The molecule has 0 aliphatic heterocycles. The molecule has 1 saturated carbocycles. The topological polar surface area (TPSA) is 46.3 Å². The molecule has 0 spiro atoms. The Morgan fingerprint density at radius 2 is 1.84 bits per heavy atom. The van der Waals surface area contributed by atoms with Crippen LogP contribution in [0.3, 0.4) is 0 Å². The molecule has 1 fully saturated rings. The second kappa shape index (κ2) is 5.64. The number of benzene rings is 1. The van der Waals surface area contributed by atoms with E-state index < -0.39 is 0 Å². The summed E-state index contributed by atoms with van der Waals surface area (Å²) in [5.41, 5.74) is 8.23. The molecule has 19 heavy (non-hydrogen) atoms. The zero-order valence-corrected chi connectivity index (χ0v) is 12.1. The van der Waals surface area contributed by atoms with Gasteiger partial charge in [-0.05, 0) is 62.3 Å². The maximum atomic E-state index is 12.5. The van der Waals surface area contributed by atoms with Gasteiger partial charge in [0.15, 0.2) is 0 Å². The number of rotatable bonds is 2. The third kappa shape index (κ3) is 3.28. The predicted molar refractivity (Wildman–Crippen MR) is 79.1 cm³/mol. The summed E-state index contributed by atoms with van der Waals surface area (Å²) >= 11 is 0. The first-order chi connectivity index (χ1) is 8.97. The van der Waals surface area contributed by atoms with Crippen molar-refractivity contribution in [3.8, 4) is 0 Å². The Kier molecular flexibility index (Phi) is 4.13. The largest absolute Gasteiger partial charge is 0.399 e. The van der Waals surface area contributed by atoms with Crippen LogP contribution in [-0.2, 0) is 0 Å². The molecular weight excluding hydrogens is 236 g/mol. The van der Waals surface area contributed by atoms with Crippen LogP contribution in [0.1, 0.15) is 48.5 Å². The molecule has 1 amide bonds. The van der Waals surface area contributed by atoms with Crippen molar-refractivity contribution < 1.29 is 4.79 Å². The molecule has 0 bridgehead atoms. The fourth-order valence-corrected chi connectivity index (χ4v) is 2.94. The molecule has 0 atom stereocenters. The third-order valence-corrected chi connectivity index (χ3v) is 4.20. The number of amides is 1. The predicted octanol–water partition coefficient (Wildman–Crippen LogP) is 3.23. The number of nitrogens with zero attached hydrogens (tertiary/aromatic N) is 1. The first kappa shape index (κ1) is 13.9. The van der Waals surface area contributed by atoms with Gasteiger partial charge in [-0.2, -0.15) is 0 Å². The zero-order chi connectivity index (χ0) is 14.0. The lowest BCUT2D eigenvalue weighted by Gasteiger charge is -2.33. The smallest absolute Gasteiger partial charge is 0.253 e. The molecule has 0 heterocycles. The Morgan fingerprint density at radius 3 is 2.42 bits per heavy atom. The van der Waals surface area contributed by atoms with Gasteiger partial charge in [-0.3, -0.25) is 4.79 Å². The lowest BCUT2D eigenvalue weighted by Crippen LogP contribution is -2.39. The van der Waals surface area contributed by atoms with Gasteiger partial charge >= 0.3 is 0 Å².